The van der Waals surface area contributed by atoms with Gasteiger partial charge in [-0.05, 0) is 32.7 Å². The fraction of sp³-hybridized carbons (Fsp3) is 0.917. The third-order valence-electron chi connectivity index (χ3n) is 3.03. The van der Waals surface area contributed by atoms with Crippen molar-refractivity contribution in [3.63, 3.8) is 0 Å². The molecular weight excluding hydrogens is 188 g/mol. The molecule has 3 heteroatoms. The predicted molar refractivity (Wildman–Crippen MR) is 64.6 cm³/mol. The molecule has 2 unspecified atom stereocenters. The van der Waals surface area contributed by atoms with Crippen LogP contribution in [-0.2, 0) is 4.79 Å². The van der Waals surface area contributed by atoms with Crippen LogP contribution in [0.4, 0.5) is 0 Å². The molecule has 1 aliphatic rings. The topological polar surface area (TPSA) is 46.3 Å². The first-order valence-electron chi connectivity index (χ1n) is 6.22. The minimum Gasteiger partial charge on any atom is -0.368 e. The molecule has 1 amide bonds. The molecule has 1 saturated heterocycles. The molecule has 2 atom stereocenters. The van der Waals surface area contributed by atoms with Crippen LogP contribution in [0.2, 0.25) is 0 Å². The van der Waals surface area contributed by atoms with Gasteiger partial charge in [-0.15, -0.1) is 0 Å². The Morgan fingerprint density at radius 1 is 1.47 bits per heavy atom. The van der Waals surface area contributed by atoms with E-state index in [1.54, 1.807) is 0 Å². The molecule has 1 fully saturated rings. The molecule has 3 nitrogen and oxygen atoms in total. The van der Waals surface area contributed by atoms with Gasteiger partial charge in [0.15, 0.2) is 0 Å². The summed E-state index contributed by atoms with van der Waals surface area (Å²) < 4.78 is 0. The highest BCUT2D eigenvalue weighted by Crippen LogP contribution is 2.20. The van der Waals surface area contributed by atoms with Gasteiger partial charge in [0.25, 0.3) is 0 Å². The highest BCUT2D eigenvalue weighted by Gasteiger charge is 2.29. The summed E-state index contributed by atoms with van der Waals surface area (Å²) >= 11 is 0. The van der Waals surface area contributed by atoms with Crippen LogP contribution in [0.25, 0.3) is 0 Å². The van der Waals surface area contributed by atoms with Crippen LogP contribution in [0.3, 0.4) is 0 Å². The number of likely N-dealkylation sites (tertiary alicyclic amines) is 1. The van der Waals surface area contributed by atoms with Crippen molar-refractivity contribution in [3.05, 3.63) is 0 Å². The second kappa shape index (κ2) is 7.69. The maximum absolute atomic E-state index is 11.2. The number of piperidine rings is 1. The third-order valence-corrected chi connectivity index (χ3v) is 3.03. The molecule has 0 aromatic heterocycles. The lowest BCUT2D eigenvalue weighted by molar-refractivity contribution is -0.125. The molecule has 0 radical (unpaired) electrons. The van der Waals surface area contributed by atoms with Gasteiger partial charge in [-0.2, -0.15) is 0 Å². The molecular formula is C12H26N2O. The lowest BCUT2D eigenvalue weighted by Crippen LogP contribution is -2.51. The van der Waals surface area contributed by atoms with Crippen LogP contribution in [0.5, 0.6) is 0 Å². The lowest BCUT2D eigenvalue weighted by atomic mass is 9.99. The number of hydrogen-bond acceptors (Lipinski definition) is 2. The molecule has 0 aromatic carbocycles. The van der Waals surface area contributed by atoms with E-state index in [0.29, 0.717) is 6.04 Å². The summed E-state index contributed by atoms with van der Waals surface area (Å²) in [5.41, 5.74) is 5.37. The fourth-order valence-electron chi connectivity index (χ4n) is 2.02. The minimum atomic E-state index is -0.153. The zero-order valence-electron chi connectivity index (χ0n) is 10.6. The number of hydrogen-bond donors (Lipinski definition) is 1. The van der Waals surface area contributed by atoms with Crippen molar-refractivity contribution in [1.82, 2.24) is 4.90 Å². The standard InChI is InChI=1S/C10H20N2O.C2H6/c1-3-8(2)12-7-5-4-6-9(12)10(11)13;1-2/h8-9H,3-7H2,1-2H3,(H2,11,13);1-2H3. The van der Waals surface area contributed by atoms with Gasteiger partial charge < -0.3 is 5.73 Å². The molecule has 1 aliphatic heterocycles. The number of primary amides is 1. The van der Waals surface area contributed by atoms with E-state index in [2.05, 4.69) is 18.7 Å². The summed E-state index contributed by atoms with van der Waals surface area (Å²) in [4.78, 5) is 13.4. The van der Waals surface area contributed by atoms with E-state index in [0.717, 1.165) is 25.8 Å². The van der Waals surface area contributed by atoms with Crippen LogP contribution < -0.4 is 5.73 Å². The number of amides is 1. The Morgan fingerprint density at radius 3 is 2.53 bits per heavy atom. The maximum atomic E-state index is 11.2. The highest BCUT2D eigenvalue weighted by molar-refractivity contribution is 5.79. The largest absolute Gasteiger partial charge is 0.368 e. The fourth-order valence-corrected chi connectivity index (χ4v) is 2.02. The van der Waals surface area contributed by atoms with Gasteiger partial charge in [-0.3, -0.25) is 9.69 Å². The number of carbonyl (C=O) groups is 1. The van der Waals surface area contributed by atoms with Gasteiger partial charge in [0, 0.05) is 6.04 Å². The van der Waals surface area contributed by atoms with E-state index in [9.17, 15) is 4.79 Å². The summed E-state index contributed by atoms with van der Waals surface area (Å²) in [5, 5.41) is 0. The van der Waals surface area contributed by atoms with Crippen LogP contribution >= 0.6 is 0 Å². The quantitative estimate of drug-likeness (QED) is 0.782. The Morgan fingerprint density at radius 2 is 2.07 bits per heavy atom. The van der Waals surface area contributed by atoms with Gasteiger partial charge in [0.1, 0.15) is 0 Å². The molecule has 0 aromatic rings. The van der Waals surface area contributed by atoms with E-state index < -0.39 is 0 Å². The first-order chi connectivity index (χ1) is 7.16. The van der Waals surface area contributed by atoms with Crippen LogP contribution in [-0.4, -0.2) is 29.4 Å². The van der Waals surface area contributed by atoms with Crippen molar-refractivity contribution in [3.8, 4) is 0 Å². The second-order valence-electron chi connectivity index (χ2n) is 3.91. The molecule has 0 bridgehead atoms. The second-order valence-corrected chi connectivity index (χ2v) is 3.91. The molecule has 1 rings (SSSR count). The number of rotatable bonds is 3. The summed E-state index contributed by atoms with van der Waals surface area (Å²) in [7, 11) is 0. The van der Waals surface area contributed by atoms with Crippen molar-refractivity contribution in [1.29, 1.82) is 0 Å². The SMILES string of the molecule is CC.CCC(C)N1CCCCC1C(N)=O. The average Bonchev–Trinajstić information content (AvgIpc) is 2.30. The van der Waals surface area contributed by atoms with Crippen LogP contribution in [0, 0.1) is 0 Å². The zero-order valence-corrected chi connectivity index (χ0v) is 10.6. The van der Waals surface area contributed by atoms with Crippen molar-refractivity contribution >= 4 is 5.91 Å². The van der Waals surface area contributed by atoms with Crippen molar-refractivity contribution in [2.24, 2.45) is 5.73 Å². The van der Waals surface area contributed by atoms with Crippen molar-refractivity contribution < 1.29 is 4.79 Å². The molecule has 0 saturated carbocycles. The van der Waals surface area contributed by atoms with Crippen LogP contribution in [0.1, 0.15) is 53.4 Å². The first kappa shape index (κ1) is 14.4. The maximum Gasteiger partial charge on any atom is 0.234 e. The average molecular weight is 214 g/mol. The summed E-state index contributed by atoms with van der Waals surface area (Å²) in [5.74, 6) is -0.153. The number of nitrogens with two attached hydrogens (primary N) is 1. The van der Waals surface area contributed by atoms with E-state index >= 15 is 0 Å². The summed E-state index contributed by atoms with van der Waals surface area (Å²) in [6.07, 6.45) is 4.37. The summed E-state index contributed by atoms with van der Waals surface area (Å²) in [6.45, 7) is 9.35. The zero-order chi connectivity index (χ0) is 11.8. The Labute approximate surface area is 94.0 Å². The van der Waals surface area contributed by atoms with E-state index in [1.807, 2.05) is 13.8 Å². The number of nitrogens with zero attached hydrogens (tertiary/aromatic N) is 1. The number of carbonyl (C=O) groups excluding carboxylic acids is 1. The first-order valence-corrected chi connectivity index (χ1v) is 6.22. The summed E-state index contributed by atoms with van der Waals surface area (Å²) in [6, 6.07) is 0.474. The molecule has 0 spiro atoms. The molecule has 0 aliphatic carbocycles. The molecule has 2 N–H and O–H groups in total. The smallest absolute Gasteiger partial charge is 0.234 e. The van der Waals surface area contributed by atoms with Gasteiger partial charge in [-0.1, -0.05) is 27.2 Å². The molecule has 1 heterocycles. The monoisotopic (exact) mass is 214 g/mol. The minimum absolute atomic E-state index is 0.0105. The van der Waals surface area contributed by atoms with Crippen molar-refractivity contribution in [2.75, 3.05) is 6.54 Å². The van der Waals surface area contributed by atoms with Gasteiger partial charge >= 0.3 is 0 Å². The Balaban J connectivity index is 0.000000921. The van der Waals surface area contributed by atoms with E-state index in [-0.39, 0.29) is 11.9 Å². The van der Waals surface area contributed by atoms with Crippen LogP contribution in [0.15, 0.2) is 0 Å². The normalized spacial score (nSPS) is 23.9. The van der Waals surface area contributed by atoms with E-state index in [4.69, 9.17) is 5.73 Å². The Kier molecular flexibility index (Phi) is 7.39. The van der Waals surface area contributed by atoms with Gasteiger partial charge in [0.05, 0.1) is 6.04 Å². The Hall–Kier alpha value is -0.570. The highest BCUT2D eigenvalue weighted by atomic mass is 16.1. The molecule has 90 valence electrons. The van der Waals surface area contributed by atoms with Gasteiger partial charge in [0.2, 0.25) is 5.91 Å². The van der Waals surface area contributed by atoms with E-state index in [1.165, 1.54) is 6.42 Å². The third kappa shape index (κ3) is 4.20. The lowest BCUT2D eigenvalue weighted by Gasteiger charge is -2.37. The van der Waals surface area contributed by atoms with Crippen molar-refractivity contribution in [2.45, 2.75) is 65.5 Å². The molecule has 15 heavy (non-hydrogen) atoms. The Bertz CT molecular complexity index is 182. The predicted octanol–water partition coefficient (Wildman–Crippen LogP) is 2.15. The van der Waals surface area contributed by atoms with Gasteiger partial charge in [-0.25, -0.2) is 0 Å².